The van der Waals surface area contributed by atoms with Crippen molar-refractivity contribution >= 4 is 34.7 Å². The van der Waals surface area contributed by atoms with Crippen molar-refractivity contribution in [3.63, 3.8) is 0 Å². The maximum Gasteiger partial charge on any atom is 0.416 e. The number of alkyl halides is 3. The van der Waals surface area contributed by atoms with Crippen molar-refractivity contribution in [2.24, 2.45) is 0 Å². The Morgan fingerprint density at radius 3 is 1.29 bits per heavy atom. The summed E-state index contributed by atoms with van der Waals surface area (Å²) in [7, 11) is 0. The molecule has 3 heterocycles. The van der Waals surface area contributed by atoms with Crippen LogP contribution in [0.3, 0.4) is 0 Å². The van der Waals surface area contributed by atoms with Crippen LogP contribution in [0.25, 0.3) is 0 Å². The summed E-state index contributed by atoms with van der Waals surface area (Å²) in [6.45, 7) is 6.18. The number of anilines is 4. The van der Waals surface area contributed by atoms with Crippen molar-refractivity contribution in [3.05, 3.63) is 186 Å². The van der Waals surface area contributed by atoms with E-state index in [-0.39, 0.29) is 0 Å². The number of halogens is 3. The minimum absolute atomic E-state index is 0.437. The van der Waals surface area contributed by atoms with Gasteiger partial charge in [0.05, 0.1) is 17.4 Å². The van der Waals surface area contributed by atoms with Gasteiger partial charge < -0.3 is 19.6 Å². The third-order valence-corrected chi connectivity index (χ3v) is 11.3. The average Bonchev–Trinajstić information content (AvgIpc) is 3.33. The van der Waals surface area contributed by atoms with E-state index in [1.54, 1.807) is 17.0 Å². The Hall–Kier alpha value is -6.90. The quantitative estimate of drug-likeness (QED) is 0.0811. The van der Waals surface area contributed by atoms with Gasteiger partial charge in [-0.2, -0.15) is 13.2 Å². The van der Waals surface area contributed by atoms with Crippen molar-refractivity contribution in [3.8, 4) is 0 Å². The van der Waals surface area contributed by atoms with Crippen LogP contribution >= 0.6 is 0 Å². The molecule has 11 nitrogen and oxygen atoms in total. The van der Waals surface area contributed by atoms with Crippen LogP contribution in [-0.2, 0) is 15.8 Å². The predicted molar refractivity (Wildman–Crippen MR) is 234 cm³/mol. The van der Waals surface area contributed by atoms with Crippen LogP contribution < -0.4 is 30.6 Å². The Balaban J connectivity index is 0.000000188. The summed E-state index contributed by atoms with van der Waals surface area (Å²) >= 11 is 0. The third-order valence-electron chi connectivity index (χ3n) is 11.3. The number of carbonyl (C=O) groups is 2. The minimum atomic E-state index is -4.36. The molecule has 0 radical (unpaired) electrons. The van der Waals surface area contributed by atoms with Gasteiger partial charge in [-0.25, -0.2) is 15.9 Å². The molecule has 4 N–H and O–H groups in total. The standard InChI is InChI=1S/C25H24F3N3O2.C23H24N4O2/c26-25(27,28)20-7-4-8-22(17-20)31-15-13-30(14-16-31)21-11-9-19(10-12-21)23(24(32)29-33)18-5-2-1-3-6-18;28-23(25-29)22(18-6-2-1-3-7-18)19-9-11-20(12-10-19)26-14-16-27(17-15-26)21-8-4-5-13-24-21/h1-12,17,23,33H,13-16H2,(H,29,32);1-13,22,29H,14-17H2,(H,25,28). The lowest BCUT2D eigenvalue weighted by atomic mass is 9.90. The smallest absolute Gasteiger partial charge is 0.368 e. The number of hydrogen-bond donors (Lipinski definition) is 4. The molecule has 2 aliphatic rings. The summed E-state index contributed by atoms with van der Waals surface area (Å²) in [5.41, 5.74) is 8.79. The maximum atomic E-state index is 13.0. The zero-order chi connectivity index (χ0) is 43.5. The zero-order valence-corrected chi connectivity index (χ0v) is 33.9. The molecule has 2 saturated heterocycles. The summed E-state index contributed by atoms with van der Waals surface area (Å²) in [6, 6.07) is 45.7. The second-order valence-electron chi connectivity index (χ2n) is 15.0. The van der Waals surface area contributed by atoms with E-state index in [9.17, 15) is 33.2 Å². The highest BCUT2D eigenvalue weighted by Gasteiger charge is 2.31. The summed E-state index contributed by atoms with van der Waals surface area (Å²) in [5, 5.41) is 18.4. The molecule has 2 amide bonds. The Bertz CT molecular complexity index is 2340. The second-order valence-corrected chi connectivity index (χ2v) is 15.0. The number of nitrogens with zero attached hydrogens (tertiary/aromatic N) is 5. The first-order chi connectivity index (χ1) is 30.1. The topological polar surface area (TPSA) is 125 Å². The largest absolute Gasteiger partial charge is 0.416 e. The number of rotatable bonds is 10. The first kappa shape index (κ1) is 43.2. The predicted octanol–water partition coefficient (Wildman–Crippen LogP) is 7.71. The van der Waals surface area contributed by atoms with E-state index in [2.05, 4.69) is 19.7 Å². The molecule has 8 rings (SSSR count). The second kappa shape index (κ2) is 20.1. The van der Waals surface area contributed by atoms with Crippen LogP contribution in [0, 0.1) is 0 Å². The van der Waals surface area contributed by atoms with Gasteiger partial charge in [0.15, 0.2) is 0 Å². The lowest BCUT2D eigenvalue weighted by Gasteiger charge is -2.37. The molecule has 1 aromatic heterocycles. The molecular formula is C48H48F3N7O4. The monoisotopic (exact) mass is 843 g/mol. The Labute approximate surface area is 358 Å². The van der Waals surface area contributed by atoms with Crippen molar-refractivity contribution in [2.75, 3.05) is 72.0 Å². The van der Waals surface area contributed by atoms with Gasteiger partial charge in [-0.15, -0.1) is 0 Å². The number of carbonyl (C=O) groups excluding carboxylic acids is 2. The molecule has 2 fully saturated rings. The highest BCUT2D eigenvalue weighted by atomic mass is 19.4. The molecule has 2 unspecified atom stereocenters. The van der Waals surface area contributed by atoms with Crippen molar-refractivity contribution < 1.29 is 33.2 Å². The molecule has 0 spiro atoms. The maximum absolute atomic E-state index is 13.0. The fourth-order valence-corrected chi connectivity index (χ4v) is 8.00. The number of nitrogens with one attached hydrogen (secondary N) is 2. The molecule has 320 valence electrons. The molecule has 0 bridgehead atoms. The third kappa shape index (κ3) is 10.5. The molecule has 2 atom stereocenters. The van der Waals surface area contributed by atoms with Gasteiger partial charge in [0.2, 0.25) is 0 Å². The van der Waals surface area contributed by atoms with E-state index >= 15 is 0 Å². The van der Waals surface area contributed by atoms with Gasteiger partial charge in [-0.3, -0.25) is 20.0 Å². The first-order valence-electron chi connectivity index (χ1n) is 20.4. The normalized spacial score (nSPS) is 15.2. The van der Waals surface area contributed by atoms with E-state index in [1.165, 1.54) is 12.1 Å². The molecular weight excluding hydrogens is 796 g/mol. The molecule has 5 aromatic carbocycles. The number of amides is 2. The molecule has 0 saturated carbocycles. The first-order valence-corrected chi connectivity index (χ1v) is 20.4. The lowest BCUT2D eigenvalue weighted by Crippen LogP contribution is -2.46. The Morgan fingerprint density at radius 2 is 0.887 bits per heavy atom. The molecule has 2 aliphatic heterocycles. The van der Waals surface area contributed by atoms with Gasteiger partial charge in [-0.1, -0.05) is 97.1 Å². The van der Waals surface area contributed by atoms with Crippen molar-refractivity contribution in [2.45, 2.75) is 18.0 Å². The van der Waals surface area contributed by atoms with E-state index in [1.807, 2.05) is 138 Å². The SMILES string of the molecule is O=C(NO)C(c1ccccc1)c1ccc(N2CCN(c3cccc(C(F)(F)F)c3)CC2)cc1.O=C(NO)C(c1ccccc1)c1ccc(N2CCN(c3ccccn3)CC2)cc1. The molecule has 0 aliphatic carbocycles. The fraction of sp³-hybridized carbons (Fsp3) is 0.229. The van der Waals surface area contributed by atoms with E-state index in [0.29, 0.717) is 31.9 Å². The van der Waals surface area contributed by atoms with E-state index < -0.39 is 35.4 Å². The number of hydrogen-bond acceptors (Lipinski definition) is 9. The lowest BCUT2D eigenvalue weighted by molar-refractivity contribution is -0.137. The summed E-state index contributed by atoms with van der Waals surface area (Å²) in [5.74, 6) is -1.11. The highest BCUT2D eigenvalue weighted by molar-refractivity contribution is 5.87. The summed E-state index contributed by atoms with van der Waals surface area (Å²) in [4.78, 5) is 37.8. The van der Waals surface area contributed by atoms with Crippen LogP contribution in [0.2, 0.25) is 0 Å². The van der Waals surface area contributed by atoms with Crippen molar-refractivity contribution in [1.82, 2.24) is 15.9 Å². The highest BCUT2D eigenvalue weighted by Crippen LogP contribution is 2.33. The van der Waals surface area contributed by atoms with Gasteiger partial charge in [0, 0.05) is 75.6 Å². The molecule has 62 heavy (non-hydrogen) atoms. The van der Waals surface area contributed by atoms with Gasteiger partial charge in [0.25, 0.3) is 11.8 Å². The molecule has 6 aromatic rings. The Morgan fingerprint density at radius 1 is 0.484 bits per heavy atom. The van der Waals surface area contributed by atoms with E-state index in [0.717, 1.165) is 71.7 Å². The van der Waals surface area contributed by atoms with Gasteiger partial charge in [0.1, 0.15) is 5.82 Å². The van der Waals surface area contributed by atoms with Crippen LogP contribution in [0.5, 0.6) is 0 Å². The number of aromatic nitrogens is 1. The number of benzene rings is 5. The number of pyridine rings is 1. The number of piperazine rings is 2. The van der Waals surface area contributed by atoms with Crippen LogP contribution in [0.4, 0.5) is 36.1 Å². The van der Waals surface area contributed by atoms with Gasteiger partial charge in [-0.05, 0) is 76.9 Å². The minimum Gasteiger partial charge on any atom is -0.368 e. The van der Waals surface area contributed by atoms with E-state index in [4.69, 9.17) is 0 Å². The van der Waals surface area contributed by atoms with Crippen LogP contribution in [-0.4, -0.2) is 79.6 Å². The fourth-order valence-electron chi connectivity index (χ4n) is 8.00. The number of hydroxylamine groups is 2. The van der Waals surface area contributed by atoms with Crippen molar-refractivity contribution in [1.29, 1.82) is 0 Å². The van der Waals surface area contributed by atoms with Gasteiger partial charge >= 0.3 is 6.18 Å². The summed E-state index contributed by atoms with van der Waals surface area (Å²) < 4.78 is 39.1. The molecule has 14 heteroatoms. The zero-order valence-electron chi connectivity index (χ0n) is 33.9. The van der Waals surface area contributed by atoms with Crippen LogP contribution in [0.1, 0.15) is 39.7 Å². The Kier molecular flexibility index (Phi) is 14.0. The summed E-state index contributed by atoms with van der Waals surface area (Å²) in [6.07, 6.45) is -2.53. The van der Waals surface area contributed by atoms with Crippen LogP contribution in [0.15, 0.2) is 158 Å². The average molecular weight is 844 g/mol.